The molecule has 5 heteroatoms. The number of rotatable bonds is 3. The summed E-state index contributed by atoms with van der Waals surface area (Å²) in [6, 6.07) is 2.18. The third-order valence-corrected chi connectivity index (χ3v) is 4.23. The quantitative estimate of drug-likeness (QED) is 0.839. The third kappa shape index (κ3) is 1.89. The van der Waals surface area contributed by atoms with E-state index in [1.807, 2.05) is 23.3 Å². The van der Waals surface area contributed by atoms with Crippen molar-refractivity contribution in [2.24, 2.45) is 11.8 Å². The van der Waals surface area contributed by atoms with Gasteiger partial charge in [0.25, 0.3) is 0 Å². The Morgan fingerprint density at radius 1 is 1.26 bits per heavy atom. The van der Waals surface area contributed by atoms with Crippen LogP contribution in [0.1, 0.15) is 13.3 Å². The summed E-state index contributed by atoms with van der Waals surface area (Å²) in [4.78, 5) is 6.81. The summed E-state index contributed by atoms with van der Waals surface area (Å²) in [6.45, 7) is 5.29. The molecule has 3 heterocycles. The lowest BCUT2D eigenvalue weighted by atomic mass is 10.2. The van der Waals surface area contributed by atoms with E-state index in [0.29, 0.717) is 0 Å². The van der Waals surface area contributed by atoms with Crippen molar-refractivity contribution in [1.29, 1.82) is 0 Å². The molecule has 2 fully saturated rings. The summed E-state index contributed by atoms with van der Waals surface area (Å²) in [6.07, 6.45) is 7.22. The van der Waals surface area contributed by atoms with Gasteiger partial charge in [-0.3, -0.25) is 9.67 Å². The van der Waals surface area contributed by atoms with Crippen LogP contribution in [0.2, 0.25) is 0 Å². The van der Waals surface area contributed by atoms with Crippen molar-refractivity contribution >= 4 is 5.69 Å². The minimum Gasteiger partial charge on any atom is -0.370 e. The maximum Gasteiger partial charge on any atom is 0.114 e. The van der Waals surface area contributed by atoms with Crippen LogP contribution in [0, 0.1) is 11.8 Å². The fourth-order valence-corrected chi connectivity index (χ4v) is 2.94. The summed E-state index contributed by atoms with van der Waals surface area (Å²) in [5.74, 6) is 1.87. The van der Waals surface area contributed by atoms with E-state index in [1.165, 1.54) is 25.2 Å². The van der Waals surface area contributed by atoms with Crippen molar-refractivity contribution in [2.45, 2.75) is 19.9 Å². The largest absolute Gasteiger partial charge is 0.370 e. The zero-order valence-electron chi connectivity index (χ0n) is 11.0. The van der Waals surface area contributed by atoms with E-state index in [-0.39, 0.29) is 0 Å². The Morgan fingerprint density at radius 2 is 2.11 bits per heavy atom. The van der Waals surface area contributed by atoms with Crippen LogP contribution in [0.3, 0.4) is 0 Å². The van der Waals surface area contributed by atoms with Crippen molar-refractivity contribution in [3.63, 3.8) is 0 Å². The number of anilines is 1. The Kier molecular flexibility index (Phi) is 2.33. The third-order valence-electron chi connectivity index (χ3n) is 4.23. The van der Waals surface area contributed by atoms with Crippen LogP contribution < -0.4 is 4.90 Å². The molecule has 0 spiro atoms. The number of piperidine rings is 1. The Balaban J connectivity index is 1.62. The highest BCUT2D eigenvalue weighted by atomic mass is 15.4. The first-order chi connectivity index (χ1) is 9.33. The molecule has 0 amide bonds. The second kappa shape index (κ2) is 4.05. The van der Waals surface area contributed by atoms with Crippen LogP contribution in [-0.2, 0) is 6.54 Å². The number of pyridine rings is 1. The summed E-state index contributed by atoms with van der Waals surface area (Å²) >= 11 is 0. The Labute approximate surface area is 112 Å². The van der Waals surface area contributed by atoms with Gasteiger partial charge in [0.2, 0.25) is 0 Å². The normalized spacial score (nSPS) is 24.6. The van der Waals surface area contributed by atoms with Crippen molar-refractivity contribution in [1.82, 2.24) is 20.0 Å². The zero-order valence-corrected chi connectivity index (χ0v) is 11.0. The van der Waals surface area contributed by atoms with Crippen LogP contribution in [0.4, 0.5) is 5.69 Å². The maximum atomic E-state index is 4.36. The van der Waals surface area contributed by atoms with Gasteiger partial charge in [0.05, 0.1) is 18.1 Å². The molecular formula is C14H17N5. The fourth-order valence-electron chi connectivity index (χ4n) is 2.94. The van der Waals surface area contributed by atoms with Crippen LogP contribution in [-0.4, -0.2) is 33.1 Å². The van der Waals surface area contributed by atoms with Gasteiger partial charge in [-0.15, -0.1) is 5.10 Å². The van der Waals surface area contributed by atoms with Crippen molar-refractivity contribution in [3.8, 4) is 11.3 Å². The van der Waals surface area contributed by atoms with E-state index in [2.05, 4.69) is 33.2 Å². The van der Waals surface area contributed by atoms with Gasteiger partial charge in [-0.25, -0.2) is 0 Å². The van der Waals surface area contributed by atoms with E-state index in [1.54, 1.807) is 0 Å². The number of aromatic nitrogens is 4. The molecule has 98 valence electrons. The average molecular weight is 255 g/mol. The van der Waals surface area contributed by atoms with Gasteiger partial charge >= 0.3 is 0 Å². The molecule has 1 aliphatic carbocycles. The summed E-state index contributed by atoms with van der Waals surface area (Å²) in [5.41, 5.74) is 3.18. The average Bonchev–Trinajstić information content (AvgIpc) is 2.91. The molecule has 4 rings (SSSR count). The molecule has 0 bridgehead atoms. The SMILES string of the molecule is CCn1cc(-c2cncc(N3CC4CC4C3)c2)nn1. The second-order valence-electron chi connectivity index (χ2n) is 5.55. The molecule has 19 heavy (non-hydrogen) atoms. The molecule has 2 aromatic heterocycles. The smallest absolute Gasteiger partial charge is 0.114 e. The van der Waals surface area contributed by atoms with E-state index < -0.39 is 0 Å². The number of hydrogen-bond acceptors (Lipinski definition) is 4. The van der Waals surface area contributed by atoms with E-state index in [4.69, 9.17) is 0 Å². The molecule has 0 aromatic carbocycles. The zero-order chi connectivity index (χ0) is 12.8. The first kappa shape index (κ1) is 11.0. The molecule has 2 aromatic rings. The van der Waals surface area contributed by atoms with Crippen LogP contribution in [0.15, 0.2) is 24.7 Å². The fraction of sp³-hybridized carbons (Fsp3) is 0.500. The Bertz CT molecular complexity index is 595. The lowest BCUT2D eigenvalue weighted by Gasteiger charge is -2.20. The molecule has 1 aliphatic heterocycles. The molecule has 2 atom stereocenters. The van der Waals surface area contributed by atoms with E-state index >= 15 is 0 Å². The number of aryl methyl sites for hydroxylation is 1. The van der Waals surface area contributed by atoms with Crippen molar-refractivity contribution < 1.29 is 0 Å². The van der Waals surface area contributed by atoms with Gasteiger partial charge < -0.3 is 4.90 Å². The van der Waals surface area contributed by atoms with Crippen LogP contribution >= 0.6 is 0 Å². The summed E-state index contributed by atoms with van der Waals surface area (Å²) in [5, 5.41) is 8.29. The van der Waals surface area contributed by atoms with E-state index in [0.717, 1.165) is 29.6 Å². The van der Waals surface area contributed by atoms with Crippen LogP contribution in [0.25, 0.3) is 11.3 Å². The van der Waals surface area contributed by atoms with Gasteiger partial charge in [0.1, 0.15) is 5.69 Å². The Morgan fingerprint density at radius 3 is 2.84 bits per heavy atom. The highest BCUT2D eigenvalue weighted by Gasteiger charge is 2.45. The molecular weight excluding hydrogens is 238 g/mol. The first-order valence-electron chi connectivity index (χ1n) is 6.94. The van der Waals surface area contributed by atoms with Gasteiger partial charge in [-0.05, 0) is 31.2 Å². The van der Waals surface area contributed by atoms with E-state index in [9.17, 15) is 0 Å². The lowest BCUT2D eigenvalue weighted by Crippen LogP contribution is -2.21. The summed E-state index contributed by atoms with van der Waals surface area (Å²) in [7, 11) is 0. The topological polar surface area (TPSA) is 46.8 Å². The van der Waals surface area contributed by atoms with Crippen molar-refractivity contribution in [2.75, 3.05) is 18.0 Å². The molecule has 2 unspecified atom stereocenters. The number of nitrogens with zero attached hydrogens (tertiary/aromatic N) is 5. The molecule has 1 saturated heterocycles. The maximum absolute atomic E-state index is 4.36. The molecule has 1 saturated carbocycles. The predicted molar refractivity (Wildman–Crippen MR) is 72.7 cm³/mol. The van der Waals surface area contributed by atoms with Gasteiger partial charge in [0, 0.05) is 31.4 Å². The minimum absolute atomic E-state index is 0.843. The van der Waals surface area contributed by atoms with Crippen LogP contribution in [0.5, 0.6) is 0 Å². The summed E-state index contributed by atoms with van der Waals surface area (Å²) < 4.78 is 1.84. The van der Waals surface area contributed by atoms with Gasteiger partial charge in [-0.2, -0.15) is 0 Å². The highest BCUT2D eigenvalue weighted by molar-refractivity contribution is 5.63. The number of hydrogen-bond donors (Lipinski definition) is 0. The highest BCUT2D eigenvalue weighted by Crippen LogP contribution is 2.46. The van der Waals surface area contributed by atoms with Gasteiger partial charge in [0.15, 0.2) is 0 Å². The monoisotopic (exact) mass is 255 g/mol. The second-order valence-corrected chi connectivity index (χ2v) is 5.55. The Hall–Kier alpha value is -1.91. The predicted octanol–water partition coefficient (Wildman–Crippen LogP) is 1.82. The minimum atomic E-state index is 0.843. The lowest BCUT2D eigenvalue weighted by molar-refractivity contribution is 0.627. The molecule has 0 radical (unpaired) electrons. The number of fused-ring (bicyclic) bond motifs is 1. The standard InChI is InChI=1S/C14H17N5/c1-2-19-9-14(16-17-19)10-4-13(6-15-5-10)18-7-11-3-12(11)8-18/h4-6,9,11-12H,2-3,7-8H2,1H3. The first-order valence-corrected chi connectivity index (χ1v) is 6.94. The van der Waals surface area contributed by atoms with Crippen molar-refractivity contribution in [3.05, 3.63) is 24.7 Å². The molecule has 0 N–H and O–H groups in total. The van der Waals surface area contributed by atoms with Gasteiger partial charge in [-0.1, -0.05) is 5.21 Å². The molecule has 5 nitrogen and oxygen atoms in total. The molecule has 2 aliphatic rings.